The number of hydrogen-bond acceptors (Lipinski definition) is 4. The largest absolute Gasteiger partial charge is 0.309 e. The number of benzene rings is 9. The normalized spacial score (nSPS) is 12.2. The fourth-order valence-corrected chi connectivity index (χ4v) is 11.3. The Morgan fingerprint density at radius 2 is 0.788 bits per heavy atom. The highest BCUT2D eigenvalue weighted by Gasteiger charge is 2.28. The molecule has 6 nitrogen and oxygen atoms in total. The van der Waals surface area contributed by atoms with Crippen molar-refractivity contribution in [1.29, 1.82) is 0 Å². The lowest BCUT2D eigenvalue weighted by Gasteiger charge is -2.21. The van der Waals surface area contributed by atoms with Crippen LogP contribution in [0.1, 0.15) is 0 Å². The van der Waals surface area contributed by atoms with E-state index in [1.807, 2.05) is 17.8 Å². The number of para-hydroxylation sites is 5. The van der Waals surface area contributed by atoms with E-state index in [0.717, 1.165) is 61.4 Å². The molecule has 0 amide bonds. The van der Waals surface area contributed by atoms with Crippen LogP contribution in [0.5, 0.6) is 0 Å². The molecule has 0 saturated heterocycles. The first kappa shape index (κ1) is 36.9. The van der Waals surface area contributed by atoms with Gasteiger partial charge in [0.05, 0.1) is 27.8 Å². The molecule has 0 bridgehead atoms. The van der Waals surface area contributed by atoms with Crippen LogP contribution in [-0.2, 0) is 0 Å². The molecule has 5 heterocycles. The Morgan fingerprint density at radius 1 is 0.318 bits per heavy atom. The first-order valence-electron chi connectivity index (χ1n) is 22.2. The molecule has 0 N–H and O–H groups in total. The van der Waals surface area contributed by atoms with E-state index in [4.69, 9.17) is 15.0 Å². The van der Waals surface area contributed by atoms with Crippen molar-refractivity contribution in [2.24, 2.45) is 0 Å². The van der Waals surface area contributed by atoms with Gasteiger partial charge >= 0.3 is 0 Å². The fourth-order valence-electron chi connectivity index (χ4n) is 10.2. The summed E-state index contributed by atoms with van der Waals surface area (Å²) in [4.78, 5) is 18.4. The zero-order valence-corrected chi connectivity index (χ0v) is 36.2. The van der Waals surface area contributed by atoms with Crippen LogP contribution in [0, 0.1) is 0 Å². The van der Waals surface area contributed by atoms with Gasteiger partial charge in [-0.15, -0.1) is 0 Å². The average Bonchev–Trinajstić information content (AvgIpc) is 4.03. The third-order valence-corrected chi connectivity index (χ3v) is 14.2. The summed E-state index contributed by atoms with van der Waals surface area (Å²) in [7, 11) is 0. The second kappa shape index (κ2) is 14.5. The summed E-state index contributed by atoms with van der Waals surface area (Å²) in [6.07, 6.45) is 0. The molecule has 0 radical (unpaired) electrons. The predicted octanol–water partition coefficient (Wildman–Crippen LogP) is 15.1. The van der Waals surface area contributed by atoms with Crippen LogP contribution in [0.15, 0.2) is 228 Å². The van der Waals surface area contributed by atoms with Gasteiger partial charge in [-0.05, 0) is 77.9 Å². The van der Waals surface area contributed by atoms with Gasteiger partial charge in [0.2, 0.25) is 0 Å². The fraction of sp³-hybridized carbons (Fsp3) is 0. The molecule has 0 atom stereocenters. The van der Waals surface area contributed by atoms with Gasteiger partial charge in [0.1, 0.15) is 5.65 Å². The predicted molar refractivity (Wildman–Crippen MR) is 271 cm³/mol. The Morgan fingerprint density at radius 3 is 1.47 bits per heavy atom. The van der Waals surface area contributed by atoms with Crippen molar-refractivity contribution in [3.8, 4) is 62.4 Å². The van der Waals surface area contributed by atoms with Crippen LogP contribution in [0.25, 0.3) is 117 Å². The molecule has 1 aliphatic heterocycles. The lowest BCUT2D eigenvalue weighted by Crippen LogP contribution is -2.06. The van der Waals surface area contributed by atoms with Crippen molar-refractivity contribution in [2.45, 2.75) is 9.79 Å². The van der Waals surface area contributed by atoms with Gasteiger partial charge in [0.15, 0.2) is 17.5 Å². The van der Waals surface area contributed by atoms with Crippen LogP contribution in [0.2, 0.25) is 0 Å². The first-order valence-corrected chi connectivity index (χ1v) is 23.0. The van der Waals surface area contributed by atoms with Crippen LogP contribution < -0.4 is 0 Å². The average molecular weight is 861 g/mol. The highest BCUT2D eigenvalue weighted by atomic mass is 32.2. The molecular weight excluding hydrogens is 825 g/mol. The van der Waals surface area contributed by atoms with Crippen molar-refractivity contribution >= 4 is 66.4 Å². The lowest BCUT2D eigenvalue weighted by atomic mass is 10.0. The Balaban J connectivity index is 0.985. The van der Waals surface area contributed by atoms with E-state index < -0.39 is 0 Å². The topological polar surface area (TPSA) is 53.5 Å². The van der Waals surface area contributed by atoms with Gasteiger partial charge in [0.25, 0.3) is 0 Å². The summed E-state index contributed by atoms with van der Waals surface area (Å²) >= 11 is 1.85. The molecule has 9 aromatic carbocycles. The zero-order chi connectivity index (χ0) is 43.3. The van der Waals surface area contributed by atoms with Crippen molar-refractivity contribution in [3.05, 3.63) is 218 Å². The molecule has 7 heteroatoms. The maximum absolute atomic E-state index is 5.34. The van der Waals surface area contributed by atoms with E-state index in [1.54, 1.807) is 0 Å². The maximum Gasteiger partial charge on any atom is 0.164 e. The van der Waals surface area contributed by atoms with Crippen molar-refractivity contribution < 1.29 is 0 Å². The quantitative estimate of drug-likeness (QED) is 0.167. The highest BCUT2D eigenvalue weighted by Crippen LogP contribution is 2.49. The van der Waals surface area contributed by atoms with E-state index >= 15 is 0 Å². The van der Waals surface area contributed by atoms with Gasteiger partial charge in [0, 0.05) is 64.8 Å². The van der Waals surface area contributed by atoms with Gasteiger partial charge in [-0.25, -0.2) is 15.0 Å². The first-order chi connectivity index (χ1) is 32.7. The second-order valence-electron chi connectivity index (χ2n) is 16.8. The van der Waals surface area contributed by atoms with Gasteiger partial charge < -0.3 is 4.57 Å². The number of fused-ring (bicyclic) bond motifs is 10. The summed E-state index contributed by atoms with van der Waals surface area (Å²) in [5.74, 6) is 1.81. The zero-order valence-electron chi connectivity index (χ0n) is 35.4. The van der Waals surface area contributed by atoms with Crippen LogP contribution in [0.3, 0.4) is 0 Å². The SMILES string of the molecule is c1ccc(-c2cccc(-c3nc(-c4cccc(-n5c6ccccc6c6ccccc65)c4)nc(-c4cccc(-n5c6ccccc6c6c7cccc8c7n(c65)-c5ccccc5S8)c4)n3)c2)cc1. The maximum atomic E-state index is 5.34. The summed E-state index contributed by atoms with van der Waals surface area (Å²) in [5.41, 5.74) is 14.0. The molecule has 0 unspecified atom stereocenters. The third-order valence-electron chi connectivity index (χ3n) is 13.0. The number of rotatable bonds is 6. The molecular formula is C59H36N6S. The van der Waals surface area contributed by atoms with Crippen molar-refractivity contribution in [3.63, 3.8) is 0 Å². The molecule has 13 aromatic rings. The molecule has 1 aliphatic rings. The molecule has 66 heavy (non-hydrogen) atoms. The standard InChI is InChI=1S/C59H36N6S/c1-2-16-37(17-3-1)38-18-12-19-39(34-38)56-60-57(40-20-13-22-42(35-40)63-48-28-7-4-24-44(48)45-25-5-8-29-49(45)63)62-58(61-56)41-21-14-23-43(36-41)64-50-30-9-6-26-46(50)54-47-27-15-33-53-55(47)65(59(54)64)51-31-10-11-32-52(51)66-53/h1-36H. The Kier molecular flexibility index (Phi) is 8.11. The molecule has 4 aromatic heterocycles. The second-order valence-corrected chi connectivity index (χ2v) is 17.9. The van der Waals surface area contributed by atoms with Gasteiger partial charge in [-0.1, -0.05) is 163 Å². The van der Waals surface area contributed by atoms with Crippen LogP contribution in [0.4, 0.5) is 0 Å². The minimum absolute atomic E-state index is 0.600. The van der Waals surface area contributed by atoms with Crippen molar-refractivity contribution in [2.75, 3.05) is 0 Å². The van der Waals surface area contributed by atoms with Gasteiger partial charge in [-0.2, -0.15) is 0 Å². The molecule has 14 rings (SSSR count). The molecule has 308 valence electrons. The highest BCUT2D eigenvalue weighted by molar-refractivity contribution is 7.99. The molecule has 0 aliphatic carbocycles. The minimum atomic E-state index is 0.600. The van der Waals surface area contributed by atoms with E-state index in [-0.39, 0.29) is 0 Å². The van der Waals surface area contributed by atoms with E-state index in [2.05, 4.69) is 226 Å². The molecule has 0 fully saturated rings. The number of aromatic nitrogens is 6. The van der Waals surface area contributed by atoms with Crippen molar-refractivity contribution in [1.82, 2.24) is 28.7 Å². The Hall–Kier alpha value is -8.52. The third kappa shape index (κ3) is 5.60. The Bertz CT molecular complexity index is 4050. The monoisotopic (exact) mass is 860 g/mol. The summed E-state index contributed by atoms with van der Waals surface area (Å²) in [6.45, 7) is 0. The number of hydrogen-bond donors (Lipinski definition) is 0. The van der Waals surface area contributed by atoms with Crippen LogP contribution >= 0.6 is 11.8 Å². The summed E-state index contributed by atoms with van der Waals surface area (Å²) < 4.78 is 7.23. The Labute approximate surface area is 383 Å². The summed E-state index contributed by atoms with van der Waals surface area (Å²) in [6, 6.07) is 77.7. The van der Waals surface area contributed by atoms with E-state index in [0.29, 0.717) is 17.5 Å². The van der Waals surface area contributed by atoms with Crippen LogP contribution in [-0.4, -0.2) is 28.7 Å². The smallest absolute Gasteiger partial charge is 0.164 e. The minimum Gasteiger partial charge on any atom is -0.309 e. The summed E-state index contributed by atoms with van der Waals surface area (Å²) in [5, 5.41) is 6.15. The lowest BCUT2D eigenvalue weighted by molar-refractivity contribution is 1.02. The van der Waals surface area contributed by atoms with Gasteiger partial charge in [-0.3, -0.25) is 9.13 Å². The molecule has 0 spiro atoms. The molecule has 0 saturated carbocycles. The number of nitrogens with zero attached hydrogens (tertiary/aromatic N) is 6. The van der Waals surface area contributed by atoms with E-state index in [1.165, 1.54) is 47.9 Å². The van der Waals surface area contributed by atoms with E-state index in [9.17, 15) is 0 Å².